The maximum Gasteiger partial charge on any atom is 0.258 e. The van der Waals surface area contributed by atoms with E-state index in [1.54, 1.807) is 24.0 Å². The highest BCUT2D eigenvalue weighted by Crippen LogP contribution is 2.41. The fourth-order valence-electron chi connectivity index (χ4n) is 2.87. The standard InChI is InChI=1S/C18H16N4OS/c1-12-4-2-6-16(20-12)21-17(23)14-7-9-22-15(14)11-24-18(22)13-5-3-8-19-10-13/h2-10,18H,11H2,1H3,(H,20,21,23). The number of carbonyl (C=O) groups excluding carboxylic acids is 1. The van der Waals surface area contributed by atoms with Crippen LogP contribution in [0.4, 0.5) is 5.82 Å². The van der Waals surface area contributed by atoms with E-state index in [1.165, 1.54) is 0 Å². The zero-order valence-electron chi connectivity index (χ0n) is 13.1. The van der Waals surface area contributed by atoms with Gasteiger partial charge in [-0.05, 0) is 31.2 Å². The van der Waals surface area contributed by atoms with Crippen molar-refractivity contribution < 1.29 is 4.79 Å². The minimum atomic E-state index is -0.116. The van der Waals surface area contributed by atoms with Crippen molar-refractivity contribution in [2.24, 2.45) is 0 Å². The molecular formula is C18H16N4OS. The second-order valence-electron chi connectivity index (χ2n) is 5.65. The van der Waals surface area contributed by atoms with E-state index < -0.39 is 0 Å². The van der Waals surface area contributed by atoms with Crippen LogP contribution in [0.5, 0.6) is 0 Å². The van der Waals surface area contributed by atoms with E-state index in [1.807, 2.05) is 43.6 Å². The van der Waals surface area contributed by atoms with Gasteiger partial charge in [-0.15, -0.1) is 11.8 Å². The Morgan fingerprint density at radius 2 is 2.21 bits per heavy atom. The number of anilines is 1. The molecule has 0 radical (unpaired) electrons. The molecule has 6 heteroatoms. The van der Waals surface area contributed by atoms with Crippen LogP contribution in [0.25, 0.3) is 0 Å². The number of aromatic nitrogens is 3. The summed E-state index contributed by atoms with van der Waals surface area (Å²) in [5.41, 5.74) is 3.77. The van der Waals surface area contributed by atoms with Crippen molar-refractivity contribution in [1.82, 2.24) is 14.5 Å². The molecule has 0 saturated carbocycles. The van der Waals surface area contributed by atoms with Crippen molar-refractivity contribution in [1.29, 1.82) is 0 Å². The van der Waals surface area contributed by atoms with E-state index >= 15 is 0 Å². The van der Waals surface area contributed by atoms with Crippen molar-refractivity contribution in [3.8, 4) is 0 Å². The molecule has 4 rings (SSSR count). The highest BCUT2D eigenvalue weighted by molar-refractivity contribution is 7.99. The predicted molar refractivity (Wildman–Crippen MR) is 95.0 cm³/mol. The van der Waals surface area contributed by atoms with Gasteiger partial charge in [0.05, 0.1) is 5.56 Å². The number of fused-ring (bicyclic) bond motifs is 1. The highest BCUT2D eigenvalue weighted by Gasteiger charge is 2.28. The summed E-state index contributed by atoms with van der Waals surface area (Å²) in [6.45, 7) is 1.90. The van der Waals surface area contributed by atoms with Crippen LogP contribution in [0.3, 0.4) is 0 Å². The molecule has 1 aliphatic rings. The van der Waals surface area contributed by atoms with Crippen LogP contribution in [-0.4, -0.2) is 20.4 Å². The molecule has 0 aromatic carbocycles. The van der Waals surface area contributed by atoms with Gasteiger partial charge in [0.25, 0.3) is 5.91 Å². The molecule has 1 aliphatic heterocycles. The summed E-state index contributed by atoms with van der Waals surface area (Å²) in [5, 5.41) is 3.06. The maximum atomic E-state index is 12.6. The number of hydrogen-bond donors (Lipinski definition) is 1. The molecule has 1 amide bonds. The first-order chi connectivity index (χ1) is 11.7. The van der Waals surface area contributed by atoms with E-state index in [-0.39, 0.29) is 11.3 Å². The lowest BCUT2D eigenvalue weighted by Gasteiger charge is -2.12. The lowest BCUT2D eigenvalue weighted by Crippen LogP contribution is -2.14. The topological polar surface area (TPSA) is 59.8 Å². The zero-order chi connectivity index (χ0) is 16.5. The summed E-state index contributed by atoms with van der Waals surface area (Å²) < 4.78 is 2.15. The molecule has 0 aliphatic carbocycles. The molecule has 120 valence electrons. The summed E-state index contributed by atoms with van der Waals surface area (Å²) >= 11 is 1.80. The van der Waals surface area contributed by atoms with E-state index in [2.05, 4.69) is 25.9 Å². The molecule has 0 bridgehead atoms. The van der Waals surface area contributed by atoms with Crippen molar-refractivity contribution in [3.05, 3.63) is 77.5 Å². The third-order valence-electron chi connectivity index (χ3n) is 4.00. The smallest absolute Gasteiger partial charge is 0.258 e. The Bertz CT molecular complexity index is 891. The van der Waals surface area contributed by atoms with Gasteiger partial charge in [0.15, 0.2) is 0 Å². The van der Waals surface area contributed by atoms with Gasteiger partial charge < -0.3 is 9.88 Å². The lowest BCUT2D eigenvalue weighted by atomic mass is 10.2. The molecular weight excluding hydrogens is 320 g/mol. The Hall–Kier alpha value is -2.60. The number of carbonyl (C=O) groups is 1. The Kier molecular flexibility index (Phi) is 3.82. The van der Waals surface area contributed by atoms with E-state index in [0.717, 1.165) is 22.7 Å². The van der Waals surface area contributed by atoms with Crippen LogP contribution in [0, 0.1) is 6.92 Å². The van der Waals surface area contributed by atoms with Crippen LogP contribution < -0.4 is 5.32 Å². The second kappa shape index (κ2) is 6.13. The number of nitrogens with zero attached hydrogens (tertiary/aromatic N) is 3. The van der Waals surface area contributed by atoms with Crippen LogP contribution in [0.2, 0.25) is 0 Å². The minimum Gasteiger partial charge on any atom is -0.333 e. The fraction of sp³-hybridized carbons (Fsp3) is 0.167. The van der Waals surface area contributed by atoms with Crippen molar-refractivity contribution >= 4 is 23.5 Å². The molecule has 24 heavy (non-hydrogen) atoms. The van der Waals surface area contributed by atoms with Crippen LogP contribution in [0.15, 0.2) is 55.0 Å². The van der Waals surface area contributed by atoms with Gasteiger partial charge in [0, 0.05) is 41.3 Å². The first kappa shape index (κ1) is 15.0. The van der Waals surface area contributed by atoms with Crippen LogP contribution >= 0.6 is 11.8 Å². The third kappa shape index (κ3) is 2.69. The van der Waals surface area contributed by atoms with Gasteiger partial charge in [-0.3, -0.25) is 9.78 Å². The first-order valence-electron chi connectivity index (χ1n) is 7.68. The SMILES string of the molecule is Cc1cccc(NC(=O)c2ccn3c2CSC3c2cccnc2)n1. The summed E-state index contributed by atoms with van der Waals surface area (Å²) in [4.78, 5) is 21.1. The molecule has 5 nitrogen and oxygen atoms in total. The van der Waals surface area contributed by atoms with Gasteiger partial charge in [-0.25, -0.2) is 4.98 Å². The molecule has 1 unspecified atom stereocenters. The maximum absolute atomic E-state index is 12.6. The average Bonchev–Trinajstić information content (AvgIpc) is 3.17. The summed E-state index contributed by atoms with van der Waals surface area (Å²) in [6.07, 6.45) is 5.63. The van der Waals surface area contributed by atoms with Gasteiger partial charge in [0.2, 0.25) is 0 Å². The molecule has 4 heterocycles. The average molecular weight is 336 g/mol. The highest BCUT2D eigenvalue weighted by atomic mass is 32.2. The summed E-state index contributed by atoms with van der Waals surface area (Å²) in [7, 11) is 0. The predicted octanol–water partition coefficient (Wildman–Crippen LogP) is 3.63. The van der Waals surface area contributed by atoms with E-state index in [0.29, 0.717) is 11.4 Å². The first-order valence-corrected chi connectivity index (χ1v) is 8.73. The molecule has 1 atom stereocenters. The Morgan fingerprint density at radius 3 is 3.00 bits per heavy atom. The molecule has 0 spiro atoms. The van der Waals surface area contributed by atoms with Crippen LogP contribution in [0.1, 0.15) is 32.7 Å². The Labute approximate surface area is 144 Å². The fourth-order valence-corrected chi connectivity index (χ4v) is 4.18. The number of aryl methyl sites for hydroxylation is 1. The van der Waals surface area contributed by atoms with E-state index in [9.17, 15) is 4.79 Å². The van der Waals surface area contributed by atoms with Gasteiger partial charge in [-0.1, -0.05) is 12.1 Å². The molecule has 3 aromatic rings. The van der Waals surface area contributed by atoms with Crippen molar-refractivity contribution in [2.75, 3.05) is 5.32 Å². The molecule has 0 fully saturated rings. The quantitative estimate of drug-likeness (QED) is 0.793. The van der Waals surface area contributed by atoms with Gasteiger partial charge in [-0.2, -0.15) is 0 Å². The molecule has 1 N–H and O–H groups in total. The Balaban J connectivity index is 1.59. The minimum absolute atomic E-state index is 0.116. The van der Waals surface area contributed by atoms with Crippen molar-refractivity contribution in [2.45, 2.75) is 18.1 Å². The number of thioether (sulfide) groups is 1. The second-order valence-corrected chi connectivity index (χ2v) is 6.72. The van der Waals surface area contributed by atoms with Gasteiger partial charge in [0.1, 0.15) is 11.2 Å². The molecule has 0 saturated heterocycles. The Morgan fingerprint density at radius 1 is 1.29 bits per heavy atom. The van der Waals surface area contributed by atoms with Crippen molar-refractivity contribution in [3.63, 3.8) is 0 Å². The van der Waals surface area contributed by atoms with Gasteiger partial charge >= 0.3 is 0 Å². The number of amides is 1. The summed E-state index contributed by atoms with van der Waals surface area (Å²) in [6, 6.07) is 11.5. The number of pyridine rings is 2. The number of nitrogens with one attached hydrogen (secondary N) is 1. The van der Waals surface area contributed by atoms with Crippen LogP contribution in [-0.2, 0) is 5.75 Å². The summed E-state index contributed by atoms with van der Waals surface area (Å²) in [5.74, 6) is 1.26. The number of rotatable bonds is 3. The number of hydrogen-bond acceptors (Lipinski definition) is 4. The zero-order valence-corrected chi connectivity index (χ0v) is 14.0. The lowest BCUT2D eigenvalue weighted by molar-refractivity contribution is 0.102. The monoisotopic (exact) mass is 336 g/mol. The normalized spacial score (nSPS) is 16.0. The molecule has 3 aromatic heterocycles. The largest absolute Gasteiger partial charge is 0.333 e. The van der Waals surface area contributed by atoms with E-state index in [4.69, 9.17) is 0 Å². The third-order valence-corrected chi connectivity index (χ3v) is 5.25.